The average molecular weight is 983 g/mol. The van der Waals surface area contributed by atoms with Crippen LogP contribution in [0.4, 0.5) is 11.4 Å². The SMILES string of the molecule is CCCCC1(CCCC)c2cc(C#Cc3sc(/C=C/c4ccc(N(CC)CCC)cc4)c4c3OCCO4)ccc2-c2ccc(C#Cc3sc(/C=C/c4ccc(N(CC)CCO)cc4)c4c3OCCO4)cc21. The van der Waals surface area contributed by atoms with E-state index in [1.165, 1.54) is 27.9 Å². The lowest BCUT2D eigenvalue weighted by atomic mass is 9.70. The summed E-state index contributed by atoms with van der Waals surface area (Å²) in [5.41, 5.74) is 11.8. The van der Waals surface area contributed by atoms with Crippen LogP contribution < -0.4 is 28.7 Å². The highest BCUT2D eigenvalue weighted by Crippen LogP contribution is 2.55. The highest BCUT2D eigenvalue weighted by atomic mass is 32.1. The number of rotatable bonds is 18. The first kappa shape index (κ1) is 49.6. The Kier molecular flexibility index (Phi) is 16.2. The molecule has 1 N–H and O–H groups in total. The molecule has 0 spiro atoms. The minimum Gasteiger partial charge on any atom is -0.485 e. The van der Waals surface area contributed by atoms with Crippen molar-refractivity contribution in [2.75, 3.05) is 69.0 Å². The van der Waals surface area contributed by atoms with Crippen LogP contribution in [0.25, 0.3) is 35.4 Å². The number of fused-ring (bicyclic) bond motifs is 5. The van der Waals surface area contributed by atoms with E-state index in [0.29, 0.717) is 33.0 Å². The van der Waals surface area contributed by atoms with E-state index in [9.17, 15) is 5.11 Å². The smallest absolute Gasteiger partial charge is 0.188 e. The quantitative estimate of drug-likeness (QED) is 0.0861. The van der Waals surface area contributed by atoms with Crippen molar-refractivity contribution in [3.63, 3.8) is 0 Å². The fourth-order valence-electron chi connectivity index (χ4n) is 10.1. The van der Waals surface area contributed by atoms with E-state index in [1.807, 2.05) is 0 Å². The molecule has 0 saturated heterocycles. The van der Waals surface area contributed by atoms with Crippen LogP contribution in [0.2, 0.25) is 0 Å². The summed E-state index contributed by atoms with van der Waals surface area (Å²) in [7, 11) is 0. The number of thiophene rings is 2. The second kappa shape index (κ2) is 23.2. The molecule has 0 fully saturated rings. The zero-order chi connectivity index (χ0) is 49.2. The molecule has 4 heterocycles. The van der Waals surface area contributed by atoms with Crippen molar-refractivity contribution in [2.45, 2.75) is 85.0 Å². The van der Waals surface area contributed by atoms with Gasteiger partial charge in [-0.1, -0.05) is 107 Å². The number of ether oxygens (including phenoxy) is 4. The van der Waals surface area contributed by atoms with Gasteiger partial charge in [0, 0.05) is 54.1 Å². The highest BCUT2D eigenvalue weighted by molar-refractivity contribution is 7.14. The number of benzene rings is 4. The molecule has 9 rings (SSSR count). The minimum absolute atomic E-state index is 0.129. The van der Waals surface area contributed by atoms with Crippen LogP contribution in [0.3, 0.4) is 0 Å². The van der Waals surface area contributed by atoms with Gasteiger partial charge in [0.1, 0.15) is 36.2 Å². The fourth-order valence-corrected chi connectivity index (χ4v) is 12.0. The Morgan fingerprint density at radius 3 is 1.37 bits per heavy atom. The number of unbranched alkanes of at least 4 members (excludes halogenated alkanes) is 2. The Bertz CT molecular complexity index is 2790. The van der Waals surface area contributed by atoms with Crippen LogP contribution in [-0.4, -0.2) is 64.3 Å². The van der Waals surface area contributed by atoms with Crippen molar-refractivity contribution < 1.29 is 24.1 Å². The molecular formula is C62H66N2O5S2. The number of nitrogens with zero attached hydrogens (tertiary/aromatic N) is 2. The van der Waals surface area contributed by atoms with Crippen LogP contribution in [0.5, 0.6) is 23.0 Å². The third-order valence-corrected chi connectivity index (χ3v) is 15.8. The predicted octanol–water partition coefficient (Wildman–Crippen LogP) is 14.2. The molecule has 0 amide bonds. The van der Waals surface area contributed by atoms with Gasteiger partial charge in [-0.15, -0.1) is 22.7 Å². The molecule has 6 aromatic rings. The van der Waals surface area contributed by atoms with Crippen molar-refractivity contribution in [3.8, 4) is 57.8 Å². The molecule has 71 heavy (non-hydrogen) atoms. The first-order valence-electron chi connectivity index (χ1n) is 25.7. The molecule has 0 atom stereocenters. The molecule has 7 nitrogen and oxygen atoms in total. The van der Waals surface area contributed by atoms with Gasteiger partial charge in [-0.25, -0.2) is 0 Å². The number of aliphatic hydroxyl groups is 1. The maximum Gasteiger partial charge on any atom is 0.188 e. The van der Waals surface area contributed by atoms with Gasteiger partial charge >= 0.3 is 0 Å². The summed E-state index contributed by atoms with van der Waals surface area (Å²) in [6, 6.07) is 30.9. The summed E-state index contributed by atoms with van der Waals surface area (Å²) in [6.07, 6.45) is 16.3. The maximum absolute atomic E-state index is 9.48. The lowest BCUT2D eigenvalue weighted by Crippen LogP contribution is -2.25. The summed E-state index contributed by atoms with van der Waals surface area (Å²) >= 11 is 3.24. The van der Waals surface area contributed by atoms with E-state index >= 15 is 0 Å². The van der Waals surface area contributed by atoms with E-state index < -0.39 is 0 Å². The van der Waals surface area contributed by atoms with Gasteiger partial charge in [-0.05, 0) is 139 Å². The lowest BCUT2D eigenvalue weighted by molar-refractivity contribution is 0.173. The van der Waals surface area contributed by atoms with Crippen molar-refractivity contribution >= 4 is 58.4 Å². The van der Waals surface area contributed by atoms with Gasteiger partial charge in [0.2, 0.25) is 0 Å². The fraction of sp³-hybridized carbons (Fsp3) is 0.355. The van der Waals surface area contributed by atoms with E-state index in [1.54, 1.807) is 22.7 Å². The Hall–Kier alpha value is -6.36. The number of anilines is 2. The Morgan fingerprint density at radius 2 is 0.958 bits per heavy atom. The molecule has 3 aliphatic rings. The Labute approximate surface area is 429 Å². The molecule has 2 aromatic heterocycles. The number of aliphatic hydroxyl groups excluding tert-OH is 1. The summed E-state index contributed by atoms with van der Waals surface area (Å²) in [6.45, 7) is 16.8. The molecule has 9 heteroatoms. The molecule has 4 aromatic carbocycles. The third kappa shape index (κ3) is 10.8. The van der Waals surface area contributed by atoms with E-state index in [-0.39, 0.29) is 12.0 Å². The van der Waals surface area contributed by atoms with Gasteiger partial charge in [-0.3, -0.25) is 0 Å². The van der Waals surface area contributed by atoms with E-state index in [0.717, 1.165) is 135 Å². The first-order valence-corrected chi connectivity index (χ1v) is 27.4. The summed E-state index contributed by atoms with van der Waals surface area (Å²) in [4.78, 5) is 8.34. The maximum atomic E-state index is 9.48. The Morgan fingerprint density at radius 1 is 0.521 bits per heavy atom. The van der Waals surface area contributed by atoms with Gasteiger partial charge in [0.05, 0.1) is 16.4 Å². The largest absolute Gasteiger partial charge is 0.485 e. The molecule has 1 aliphatic carbocycles. The van der Waals surface area contributed by atoms with E-state index in [4.69, 9.17) is 18.9 Å². The molecular weight excluding hydrogens is 917 g/mol. The van der Waals surface area contributed by atoms with Gasteiger partial charge in [0.25, 0.3) is 0 Å². The summed E-state index contributed by atoms with van der Waals surface area (Å²) in [5, 5.41) is 9.48. The van der Waals surface area contributed by atoms with Gasteiger partial charge in [-0.2, -0.15) is 0 Å². The highest BCUT2D eigenvalue weighted by Gasteiger charge is 2.42. The molecule has 0 bridgehead atoms. The van der Waals surface area contributed by atoms with Gasteiger partial charge in [0.15, 0.2) is 23.0 Å². The standard InChI is InChI=1S/C62H66N2O5S2/c1-6-11-33-62(34-12-7-2)52-42-46(21-31-56-60-58(66-38-40-68-60)54(70-56)29-19-44-13-23-48(24-14-44)63(9-4)35-8-3)17-27-50(52)51-28-18-47(43-53(51)62)22-32-57-61-59(67-39-41-69-61)55(71-57)30-20-45-15-25-49(26-16-45)64(10-5)36-37-65/h13-20,23-30,42-43,65H,6-12,33-41H2,1-5H3/b29-19+,30-20+. The monoisotopic (exact) mass is 982 g/mol. The zero-order valence-electron chi connectivity index (χ0n) is 42.0. The van der Waals surface area contributed by atoms with E-state index in [2.05, 4.69) is 177 Å². The van der Waals surface area contributed by atoms with Crippen LogP contribution in [-0.2, 0) is 5.41 Å². The number of hydrogen-bond donors (Lipinski definition) is 1. The molecule has 0 saturated carbocycles. The number of hydrogen-bond acceptors (Lipinski definition) is 9. The molecule has 2 aliphatic heterocycles. The van der Waals surface area contributed by atoms with Crippen LogP contribution in [0, 0.1) is 23.7 Å². The normalized spacial score (nSPS) is 13.9. The van der Waals surface area contributed by atoms with Crippen molar-refractivity contribution in [2.24, 2.45) is 0 Å². The number of likely N-dealkylation sites (N-methyl/N-ethyl adjacent to an activating group) is 1. The lowest BCUT2D eigenvalue weighted by Gasteiger charge is -2.33. The minimum atomic E-state index is -0.144. The topological polar surface area (TPSA) is 63.6 Å². The van der Waals surface area contributed by atoms with Crippen molar-refractivity contribution in [1.29, 1.82) is 0 Å². The molecule has 0 unspecified atom stereocenters. The van der Waals surface area contributed by atoms with Crippen LogP contribution >= 0.6 is 22.7 Å². The third-order valence-electron chi connectivity index (χ3n) is 13.8. The summed E-state index contributed by atoms with van der Waals surface area (Å²) in [5.74, 6) is 17.3. The molecule has 366 valence electrons. The van der Waals surface area contributed by atoms with Crippen LogP contribution in [0.15, 0.2) is 84.9 Å². The van der Waals surface area contributed by atoms with Crippen molar-refractivity contribution in [1.82, 2.24) is 0 Å². The zero-order valence-corrected chi connectivity index (χ0v) is 43.6. The van der Waals surface area contributed by atoms with Crippen molar-refractivity contribution in [3.05, 3.63) is 138 Å². The van der Waals surface area contributed by atoms with Crippen LogP contribution in [0.1, 0.15) is 132 Å². The Balaban J connectivity index is 0.997. The molecule has 0 radical (unpaired) electrons. The second-order valence-corrected chi connectivity index (χ2v) is 20.4. The summed E-state index contributed by atoms with van der Waals surface area (Å²) < 4.78 is 24.9. The first-order chi connectivity index (χ1) is 34.9. The van der Waals surface area contributed by atoms with Gasteiger partial charge < -0.3 is 33.9 Å². The second-order valence-electron chi connectivity index (χ2n) is 18.3. The average Bonchev–Trinajstić information content (AvgIpc) is 4.05. The predicted molar refractivity (Wildman–Crippen MR) is 298 cm³/mol.